The predicted octanol–water partition coefficient (Wildman–Crippen LogP) is 5.71. The van der Waals surface area contributed by atoms with E-state index in [1.54, 1.807) is 19.2 Å². The lowest BCUT2D eigenvalue weighted by Gasteiger charge is -2.29. The first kappa shape index (κ1) is 37.6. The van der Waals surface area contributed by atoms with Gasteiger partial charge in [-0.2, -0.15) is 0 Å². The molecule has 280 valence electrons. The van der Waals surface area contributed by atoms with Crippen molar-refractivity contribution in [3.63, 3.8) is 0 Å². The third-order valence-corrected chi connectivity index (χ3v) is 9.63. The number of carbonyl (C=O) groups is 1. The van der Waals surface area contributed by atoms with Gasteiger partial charge in [-0.25, -0.2) is 0 Å². The Morgan fingerprint density at radius 2 is 1.42 bits per heavy atom. The van der Waals surface area contributed by atoms with Crippen molar-refractivity contribution in [2.75, 3.05) is 25.6 Å². The topological polar surface area (TPSA) is 171 Å². The second kappa shape index (κ2) is 17.6. The molecule has 6 N–H and O–H groups in total. The SMILES string of the molecule is COc1ccc(C2CC(c3cc(CO)c(CO)c(CO)c3)=NO2)cc1OCCCCCCOc1ccc(C2NC(=O)c3cc(C)ccc3N2)cc1CO. The van der Waals surface area contributed by atoms with Crippen LogP contribution >= 0.6 is 0 Å². The first-order chi connectivity index (χ1) is 25.8. The number of fused-ring (bicyclic) bond motifs is 1. The number of nitrogens with one attached hydrogen (secondary N) is 2. The smallest absolute Gasteiger partial charge is 0.255 e. The molecule has 12 heteroatoms. The van der Waals surface area contributed by atoms with Crippen LogP contribution in [0, 0.1) is 6.92 Å². The van der Waals surface area contributed by atoms with Gasteiger partial charge < -0.3 is 50.1 Å². The molecule has 2 atom stereocenters. The van der Waals surface area contributed by atoms with E-state index in [1.807, 2.05) is 61.5 Å². The summed E-state index contributed by atoms with van der Waals surface area (Å²) in [6.07, 6.45) is 3.28. The Morgan fingerprint density at radius 3 is 2.09 bits per heavy atom. The zero-order valence-corrected chi connectivity index (χ0v) is 30.1. The lowest BCUT2D eigenvalue weighted by atomic mass is 9.94. The monoisotopic (exact) mass is 725 g/mol. The zero-order valence-electron chi connectivity index (χ0n) is 30.1. The van der Waals surface area contributed by atoms with E-state index in [2.05, 4.69) is 15.8 Å². The molecule has 4 aromatic rings. The van der Waals surface area contributed by atoms with Crippen molar-refractivity contribution in [2.24, 2.45) is 5.16 Å². The Bertz CT molecular complexity index is 1920. The van der Waals surface area contributed by atoms with Gasteiger partial charge in [-0.1, -0.05) is 28.9 Å². The fourth-order valence-electron chi connectivity index (χ4n) is 6.69. The van der Waals surface area contributed by atoms with Crippen molar-refractivity contribution < 1.29 is 44.3 Å². The van der Waals surface area contributed by atoms with Crippen LogP contribution in [0.3, 0.4) is 0 Å². The fraction of sp³-hybridized carbons (Fsp3) is 0.366. The van der Waals surface area contributed by atoms with Crippen molar-refractivity contribution in [3.8, 4) is 17.2 Å². The molecule has 12 nitrogen and oxygen atoms in total. The Kier molecular flexibility index (Phi) is 12.5. The summed E-state index contributed by atoms with van der Waals surface area (Å²) in [5.41, 5.74) is 7.79. The average molecular weight is 726 g/mol. The summed E-state index contributed by atoms with van der Waals surface area (Å²) in [7, 11) is 1.60. The molecule has 0 saturated carbocycles. The first-order valence-corrected chi connectivity index (χ1v) is 17.9. The zero-order chi connectivity index (χ0) is 37.3. The highest BCUT2D eigenvalue weighted by Crippen LogP contribution is 2.36. The summed E-state index contributed by atoms with van der Waals surface area (Å²) >= 11 is 0. The molecule has 0 spiro atoms. The van der Waals surface area contributed by atoms with E-state index >= 15 is 0 Å². The van der Waals surface area contributed by atoms with Gasteiger partial charge in [0, 0.05) is 23.2 Å². The second-order valence-electron chi connectivity index (χ2n) is 13.2. The van der Waals surface area contributed by atoms with Gasteiger partial charge in [0.25, 0.3) is 5.91 Å². The minimum absolute atomic E-state index is 0.139. The Hall–Kier alpha value is -5.14. The summed E-state index contributed by atoms with van der Waals surface area (Å²) in [6, 6.07) is 20.5. The van der Waals surface area contributed by atoms with Gasteiger partial charge in [0.05, 0.1) is 58.0 Å². The number of unbranched alkanes of at least 4 members (excludes halogenated alkanes) is 3. The maximum Gasteiger partial charge on any atom is 0.255 e. The van der Waals surface area contributed by atoms with Crippen LogP contribution in [0.2, 0.25) is 0 Å². The lowest BCUT2D eigenvalue weighted by molar-refractivity contribution is 0.0854. The van der Waals surface area contributed by atoms with Crippen LogP contribution in [0.1, 0.15) is 99.2 Å². The standard InChI is InChI=1S/C41H47N3O9/c1-25-7-10-34-32(15-25)41(49)43-40(42-34)27-9-11-36(31(16-27)23-47)51-13-5-3-4-6-14-52-39-19-26(8-12-37(39)50-2)38-20-35(44-53-38)28-17-29(21-45)33(24-48)30(18-28)22-46/h7-12,15-19,38,40,42,45-48H,3-6,13-14,20-24H2,1-2H3,(H,43,49). The van der Waals surface area contributed by atoms with Gasteiger partial charge in [-0.15, -0.1) is 0 Å². The molecule has 6 rings (SSSR count). The first-order valence-electron chi connectivity index (χ1n) is 17.9. The molecular weight excluding hydrogens is 678 g/mol. The van der Waals surface area contributed by atoms with E-state index in [1.165, 1.54) is 0 Å². The van der Waals surface area contributed by atoms with Gasteiger partial charge in [-0.05, 0) is 109 Å². The molecule has 2 unspecified atom stereocenters. The Labute approximate surface area is 309 Å². The summed E-state index contributed by atoms with van der Waals surface area (Å²) in [5, 5.41) is 50.0. The van der Waals surface area contributed by atoms with Crippen LogP contribution in [0.4, 0.5) is 5.69 Å². The number of nitrogens with zero attached hydrogens (tertiary/aromatic N) is 1. The molecule has 2 aliphatic rings. The largest absolute Gasteiger partial charge is 0.493 e. The number of aryl methyl sites for hydroxylation is 1. The van der Waals surface area contributed by atoms with E-state index in [0.717, 1.165) is 53.6 Å². The molecular formula is C41H47N3O9. The van der Waals surface area contributed by atoms with Crippen LogP contribution in [0.5, 0.6) is 17.2 Å². The number of ether oxygens (including phenoxy) is 3. The maximum atomic E-state index is 12.7. The molecule has 0 saturated heterocycles. The third-order valence-electron chi connectivity index (χ3n) is 9.63. The van der Waals surface area contributed by atoms with E-state index < -0.39 is 6.17 Å². The van der Waals surface area contributed by atoms with Gasteiger partial charge in [0.1, 0.15) is 11.9 Å². The number of aliphatic hydroxyl groups is 4. The van der Waals surface area contributed by atoms with Crippen molar-refractivity contribution in [2.45, 2.75) is 77.7 Å². The molecule has 0 aliphatic carbocycles. The molecule has 0 bridgehead atoms. The number of methoxy groups -OCH3 is 1. The summed E-state index contributed by atoms with van der Waals surface area (Å²) in [4.78, 5) is 18.5. The molecule has 1 amide bonds. The molecule has 0 aromatic heterocycles. The van der Waals surface area contributed by atoms with Gasteiger partial charge in [0.2, 0.25) is 0 Å². The highest BCUT2D eigenvalue weighted by molar-refractivity contribution is 6.02. The number of hydrogen-bond donors (Lipinski definition) is 6. The van der Waals surface area contributed by atoms with Crippen molar-refractivity contribution in [3.05, 3.63) is 117 Å². The lowest BCUT2D eigenvalue weighted by Crippen LogP contribution is -2.38. The van der Waals surface area contributed by atoms with Crippen molar-refractivity contribution in [1.82, 2.24) is 5.32 Å². The molecule has 4 aromatic carbocycles. The highest BCUT2D eigenvalue weighted by atomic mass is 16.6. The number of benzene rings is 4. The normalized spacial score (nSPS) is 16.3. The summed E-state index contributed by atoms with van der Waals surface area (Å²) < 4.78 is 17.7. The molecule has 2 heterocycles. The van der Waals surface area contributed by atoms with E-state index in [0.29, 0.717) is 70.4 Å². The maximum absolute atomic E-state index is 12.7. The minimum atomic E-state index is -0.412. The number of amides is 1. The van der Waals surface area contributed by atoms with Gasteiger partial charge in [-0.3, -0.25) is 4.79 Å². The molecule has 2 aliphatic heterocycles. The number of hydrogen-bond acceptors (Lipinski definition) is 11. The van der Waals surface area contributed by atoms with E-state index in [9.17, 15) is 25.2 Å². The van der Waals surface area contributed by atoms with Crippen molar-refractivity contribution in [1.29, 1.82) is 0 Å². The Morgan fingerprint density at radius 1 is 0.736 bits per heavy atom. The summed E-state index contributed by atoms with van der Waals surface area (Å²) in [5.74, 6) is 1.72. The third kappa shape index (κ3) is 8.74. The average Bonchev–Trinajstić information content (AvgIpc) is 3.69. The highest BCUT2D eigenvalue weighted by Gasteiger charge is 2.27. The van der Waals surface area contributed by atoms with Gasteiger partial charge in [0.15, 0.2) is 17.6 Å². The quantitative estimate of drug-likeness (QED) is 0.0741. The number of aliphatic hydroxyl groups excluding tert-OH is 4. The number of anilines is 1. The molecule has 53 heavy (non-hydrogen) atoms. The second-order valence-corrected chi connectivity index (χ2v) is 13.2. The summed E-state index contributed by atoms with van der Waals surface area (Å²) in [6.45, 7) is 1.98. The van der Waals surface area contributed by atoms with Crippen LogP contribution in [0.25, 0.3) is 0 Å². The fourth-order valence-corrected chi connectivity index (χ4v) is 6.69. The number of rotatable bonds is 17. The van der Waals surface area contributed by atoms with Crippen LogP contribution in [-0.4, -0.2) is 52.4 Å². The minimum Gasteiger partial charge on any atom is -0.493 e. The van der Waals surface area contributed by atoms with E-state index in [4.69, 9.17) is 19.0 Å². The Balaban J connectivity index is 0.949. The number of carbonyl (C=O) groups excluding carboxylic acids is 1. The number of oxime groups is 1. The van der Waals surface area contributed by atoms with Crippen LogP contribution in [-0.2, 0) is 31.3 Å². The van der Waals surface area contributed by atoms with E-state index in [-0.39, 0.29) is 38.4 Å². The van der Waals surface area contributed by atoms with Gasteiger partial charge >= 0.3 is 0 Å². The van der Waals surface area contributed by atoms with Crippen molar-refractivity contribution >= 4 is 17.3 Å². The molecule has 0 fully saturated rings. The van der Waals surface area contributed by atoms with Crippen LogP contribution in [0.15, 0.2) is 71.9 Å². The van der Waals surface area contributed by atoms with Crippen LogP contribution < -0.4 is 24.8 Å². The predicted molar refractivity (Wildman–Crippen MR) is 199 cm³/mol. The molecule has 0 radical (unpaired) electrons.